The zero-order valence-corrected chi connectivity index (χ0v) is 19.4. The van der Waals surface area contributed by atoms with Crippen LogP contribution in [0.25, 0.3) is 0 Å². The molecule has 0 saturated carbocycles. The van der Waals surface area contributed by atoms with Crippen LogP contribution in [0.15, 0.2) is 36.4 Å². The van der Waals surface area contributed by atoms with Crippen molar-refractivity contribution < 1.29 is 24.0 Å². The summed E-state index contributed by atoms with van der Waals surface area (Å²) in [6.07, 6.45) is 0. The van der Waals surface area contributed by atoms with Crippen LogP contribution in [0.1, 0.15) is 39.5 Å². The van der Waals surface area contributed by atoms with E-state index in [4.69, 9.17) is 5.73 Å². The summed E-state index contributed by atoms with van der Waals surface area (Å²) >= 11 is 0. The van der Waals surface area contributed by atoms with Crippen LogP contribution in [0, 0.1) is 20.8 Å². The van der Waals surface area contributed by atoms with Crippen molar-refractivity contribution in [1.82, 2.24) is 15.5 Å². The summed E-state index contributed by atoms with van der Waals surface area (Å²) in [6, 6.07) is 9.15. The molecule has 1 saturated heterocycles. The van der Waals surface area contributed by atoms with Crippen LogP contribution in [0.4, 0.5) is 10.5 Å². The predicted octanol–water partition coefficient (Wildman–Crippen LogP) is 1.23. The summed E-state index contributed by atoms with van der Waals surface area (Å²) < 4.78 is 0. The molecule has 2 aromatic rings. The average Bonchev–Trinajstić information content (AvgIpc) is 2.98. The minimum Gasteiger partial charge on any atom is -0.366 e. The van der Waals surface area contributed by atoms with E-state index in [1.54, 1.807) is 12.1 Å². The number of aryl methyl sites for hydroxylation is 3. The van der Waals surface area contributed by atoms with E-state index < -0.39 is 41.7 Å². The van der Waals surface area contributed by atoms with Crippen LogP contribution in [0.5, 0.6) is 0 Å². The number of benzene rings is 2. The number of rotatable bonds is 7. The quantitative estimate of drug-likeness (QED) is 0.454. The molecule has 3 rings (SSSR count). The third kappa shape index (κ3) is 4.90. The molecule has 34 heavy (non-hydrogen) atoms. The monoisotopic (exact) mass is 465 g/mol. The highest BCUT2D eigenvalue weighted by atomic mass is 16.2. The molecule has 1 fully saturated rings. The van der Waals surface area contributed by atoms with Crippen molar-refractivity contribution in [3.63, 3.8) is 0 Å². The van der Waals surface area contributed by atoms with Crippen LogP contribution < -0.4 is 21.7 Å². The topological polar surface area (TPSA) is 151 Å². The molecule has 1 heterocycles. The Bertz CT molecular complexity index is 1180. The van der Waals surface area contributed by atoms with Gasteiger partial charge in [-0.1, -0.05) is 29.8 Å². The maximum Gasteiger partial charge on any atom is 0.325 e. The first-order valence-electron chi connectivity index (χ1n) is 10.6. The molecule has 6 amide bonds. The van der Waals surface area contributed by atoms with Crippen molar-refractivity contribution in [2.75, 3.05) is 18.4 Å². The first-order chi connectivity index (χ1) is 15.9. The van der Waals surface area contributed by atoms with E-state index in [1.165, 1.54) is 19.1 Å². The average molecular weight is 466 g/mol. The van der Waals surface area contributed by atoms with E-state index >= 15 is 0 Å². The molecular formula is C24H27N5O5. The number of hydrogen-bond acceptors (Lipinski definition) is 5. The molecule has 1 aliphatic heterocycles. The molecule has 1 unspecified atom stereocenters. The van der Waals surface area contributed by atoms with Gasteiger partial charge in [-0.2, -0.15) is 0 Å². The Balaban J connectivity index is 1.62. The Morgan fingerprint density at radius 1 is 1.03 bits per heavy atom. The summed E-state index contributed by atoms with van der Waals surface area (Å²) in [6.45, 7) is 6.30. The standard InChI is InChI=1S/C24H27N5O5/c1-13-8-14(2)20(15(3)9-13)27-18(30)11-26-19(31)12-29-22(33)24(4,28-23(29)34)17-7-5-6-16(10-17)21(25)32/h5-10H,11-12H2,1-4H3,(H2,25,32)(H,26,31)(H,27,30)(H,28,34). The first kappa shape index (κ1) is 24.4. The molecular weight excluding hydrogens is 438 g/mol. The highest BCUT2D eigenvalue weighted by Gasteiger charge is 2.49. The van der Waals surface area contributed by atoms with E-state index in [-0.39, 0.29) is 12.1 Å². The summed E-state index contributed by atoms with van der Waals surface area (Å²) in [4.78, 5) is 62.4. The van der Waals surface area contributed by atoms with Gasteiger partial charge < -0.3 is 21.7 Å². The highest BCUT2D eigenvalue weighted by Crippen LogP contribution is 2.29. The van der Waals surface area contributed by atoms with Gasteiger partial charge in [0.25, 0.3) is 5.91 Å². The summed E-state index contributed by atoms with van der Waals surface area (Å²) in [5.41, 5.74) is 7.91. The maximum atomic E-state index is 13.0. The molecule has 10 nitrogen and oxygen atoms in total. The summed E-state index contributed by atoms with van der Waals surface area (Å²) in [7, 11) is 0. The second kappa shape index (κ2) is 9.34. The number of urea groups is 1. The molecule has 0 spiro atoms. The highest BCUT2D eigenvalue weighted by molar-refractivity contribution is 6.09. The van der Waals surface area contributed by atoms with Gasteiger partial charge in [0.15, 0.2) is 0 Å². The van der Waals surface area contributed by atoms with Gasteiger partial charge in [-0.15, -0.1) is 0 Å². The van der Waals surface area contributed by atoms with Gasteiger partial charge in [-0.05, 0) is 56.5 Å². The molecule has 5 N–H and O–H groups in total. The minimum absolute atomic E-state index is 0.182. The number of nitrogens with two attached hydrogens (primary N) is 1. The van der Waals surface area contributed by atoms with E-state index in [1.807, 2.05) is 32.9 Å². The Hall–Kier alpha value is -4.21. The van der Waals surface area contributed by atoms with Crippen molar-refractivity contribution in [2.45, 2.75) is 33.2 Å². The number of carbonyl (C=O) groups excluding carboxylic acids is 5. The second-order valence-corrected chi connectivity index (χ2v) is 8.49. The van der Waals surface area contributed by atoms with Crippen LogP contribution in [-0.4, -0.2) is 47.6 Å². The van der Waals surface area contributed by atoms with Crippen molar-refractivity contribution in [3.05, 3.63) is 64.2 Å². The Kier molecular flexibility index (Phi) is 6.71. The first-order valence-corrected chi connectivity index (χ1v) is 10.6. The number of nitrogens with zero attached hydrogens (tertiary/aromatic N) is 1. The van der Waals surface area contributed by atoms with Crippen LogP contribution >= 0.6 is 0 Å². The lowest BCUT2D eigenvalue weighted by Crippen LogP contribution is -2.44. The van der Waals surface area contributed by atoms with Crippen molar-refractivity contribution in [3.8, 4) is 0 Å². The Morgan fingerprint density at radius 2 is 1.68 bits per heavy atom. The van der Waals surface area contributed by atoms with Crippen LogP contribution in [-0.2, 0) is 19.9 Å². The van der Waals surface area contributed by atoms with Crippen LogP contribution in [0.2, 0.25) is 0 Å². The van der Waals surface area contributed by atoms with Gasteiger partial charge in [0.1, 0.15) is 12.1 Å². The molecule has 0 aromatic heterocycles. The molecule has 2 aromatic carbocycles. The van der Waals surface area contributed by atoms with Gasteiger partial charge in [0.2, 0.25) is 17.7 Å². The van der Waals surface area contributed by atoms with Crippen molar-refractivity contribution in [1.29, 1.82) is 0 Å². The fourth-order valence-corrected chi connectivity index (χ4v) is 3.96. The number of anilines is 1. The summed E-state index contributed by atoms with van der Waals surface area (Å²) in [5.74, 6) is -2.45. The molecule has 0 bridgehead atoms. The molecule has 0 aliphatic carbocycles. The minimum atomic E-state index is -1.47. The van der Waals surface area contributed by atoms with Gasteiger partial charge in [0.05, 0.1) is 6.54 Å². The molecule has 0 radical (unpaired) electrons. The lowest BCUT2D eigenvalue weighted by Gasteiger charge is -2.22. The van der Waals surface area contributed by atoms with Crippen molar-refractivity contribution in [2.24, 2.45) is 5.73 Å². The Labute approximate surface area is 196 Å². The largest absolute Gasteiger partial charge is 0.366 e. The number of imide groups is 1. The second-order valence-electron chi connectivity index (χ2n) is 8.49. The number of hydrogen-bond donors (Lipinski definition) is 4. The third-order valence-electron chi connectivity index (χ3n) is 5.69. The van der Waals surface area contributed by atoms with Crippen molar-refractivity contribution >= 4 is 35.3 Å². The van der Waals surface area contributed by atoms with Gasteiger partial charge in [-0.25, -0.2) is 4.79 Å². The van der Waals surface area contributed by atoms with E-state index in [0.29, 0.717) is 11.3 Å². The fourth-order valence-electron chi connectivity index (χ4n) is 3.96. The van der Waals surface area contributed by atoms with Gasteiger partial charge in [0, 0.05) is 11.3 Å². The number of carbonyl (C=O) groups is 5. The third-order valence-corrected chi connectivity index (χ3v) is 5.69. The number of primary amides is 1. The Morgan fingerprint density at radius 3 is 2.29 bits per heavy atom. The lowest BCUT2D eigenvalue weighted by atomic mass is 9.90. The smallest absolute Gasteiger partial charge is 0.325 e. The lowest BCUT2D eigenvalue weighted by molar-refractivity contribution is -0.135. The van der Waals surface area contributed by atoms with Gasteiger partial charge >= 0.3 is 6.03 Å². The zero-order valence-electron chi connectivity index (χ0n) is 19.4. The molecule has 10 heteroatoms. The normalized spacial score (nSPS) is 17.4. The zero-order chi connectivity index (χ0) is 25.2. The number of amides is 6. The number of nitrogens with one attached hydrogen (secondary N) is 3. The van der Waals surface area contributed by atoms with E-state index in [9.17, 15) is 24.0 Å². The SMILES string of the molecule is Cc1cc(C)c(NC(=O)CNC(=O)CN2C(=O)NC(C)(c3cccc(C(N)=O)c3)C2=O)c(C)c1. The molecule has 1 aliphatic rings. The molecule has 178 valence electrons. The van der Waals surface area contributed by atoms with E-state index in [2.05, 4.69) is 16.0 Å². The summed E-state index contributed by atoms with van der Waals surface area (Å²) in [5, 5.41) is 7.75. The fraction of sp³-hybridized carbons (Fsp3) is 0.292. The maximum absolute atomic E-state index is 13.0. The molecule has 1 atom stereocenters. The van der Waals surface area contributed by atoms with Crippen LogP contribution in [0.3, 0.4) is 0 Å². The van der Waals surface area contributed by atoms with Gasteiger partial charge in [-0.3, -0.25) is 24.1 Å². The predicted molar refractivity (Wildman–Crippen MR) is 125 cm³/mol. The van der Waals surface area contributed by atoms with E-state index in [0.717, 1.165) is 21.6 Å².